The fourth-order valence-electron chi connectivity index (χ4n) is 2.51. The van der Waals surface area contributed by atoms with Crippen molar-refractivity contribution in [2.24, 2.45) is 0 Å². The molecule has 0 aliphatic heterocycles. The summed E-state index contributed by atoms with van der Waals surface area (Å²) in [7, 11) is 0. The van der Waals surface area contributed by atoms with Crippen LogP contribution in [-0.2, 0) is 10.2 Å². The lowest BCUT2D eigenvalue weighted by Gasteiger charge is -2.13. The SMILES string of the molecule is CCOC(=O)c1nc(C=Cc2ccccc2)c2nc(C(C)(C)C)sc2c1O. The van der Waals surface area contributed by atoms with Gasteiger partial charge in [-0.05, 0) is 18.6 Å². The number of thiazole rings is 1. The second-order valence-corrected chi connectivity index (χ2v) is 8.10. The summed E-state index contributed by atoms with van der Waals surface area (Å²) in [5, 5.41) is 11.5. The van der Waals surface area contributed by atoms with Crippen molar-refractivity contribution in [3.63, 3.8) is 0 Å². The highest BCUT2D eigenvalue weighted by Crippen LogP contribution is 2.39. The number of hydrogen-bond donors (Lipinski definition) is 1. The number of fused-ring (bicyclic) bond motifs is 1. The van der Waals surface area contributed by atoms with Crippen molar-refractivity contribution in [3.8, 4) is 5.75 Å². The molecule has 0 radical (unpaired) electrons. The second-order valence-electron chi connectivity index (χ2n) is 7.11. The summed E-state index contributed by atoms with van der Waals surface area (Å²) in [5.74, 6) is -0.815. The van der Waals surface area contributed by atoms with Gasteiger partial charge in [0.2, 0.25) is 0 Å². The third-order valence-corrected chi connectivity index (χ3v) is 5.37. The molecule has 3 rings (SSSR count). The molecule has 0 aliphatic rings. The average Bonchev–Trinajstić information content (AvgIpc) is 3.09. The maximum Gasteiger partial charge on any atom is 0.360 e. The Bertz CT molecular complexity index is 1000. The molecule has 140 valence electrons. The van der Waals surface area contributed by atoms with Crippen LogP contribution < -0.4 is 0 Å². The van der Waals surface area contributed by atoms with Crippen LogP contribution in [-0.4, -0.2) is 27.7 Å². The minimum atomic E-state index is -0.642. The number of carbonyl (C=O) groups is 1. The smallest absolute Gasteiger partial charge is 0.360 e. The summed E-state index contributed by atoms with van der Waals surface area (Å²) in [6.45, 7) is 8.10. The van der Waals surface area contributed by atoms with Gasteiger partial charge in [0.05, 0.1) is 17.3 Å². The summed E-state index contributed by atoms with van der Waals surface area (Å²) in [4.78, 5) is 21.3. The molecular formula is C21H22N2O3S. The van der Waals surface area contributed by atoms with Crippen LogP contribution in [0, 0.1) is 0 Å². The Balaban J connectivity index is 2.20. The molecule has 0 amide bonds. The van der Waals surface area contributed by atoms with Gasteiger partial charge in [0.15, 0.2) is 11.4 Å². The van der Waals surface area contributed by atoms with Gasteiger partial charge in [0, 0.05) is 5.41 Å². The first-order chi connectivity index (χ1) is 12.8. The van der Waals surface area contributed by atoms with Crippen molar-refractivity contribution < 1.29 is 14.6 Å². The third kappa shape index (κ3) is 4.01. The molecular weight excluding hydrogens is 360 g/mol. The van der Waals surface area contributed by atoms with Crippen LogP contribution in [0.4, 0.5) is 0 Å². The van der Waals surface area contributed by atoms with Gasteiger partial charge < -0.3 is 9.84 Å². The van der Waals surface area contributed by atoms with E-state index in [0.717, 1.165) is 10.6 Å². The van der Waals surface area contributed by atoms with Gasteiger partial charge in [-0.3, -0.25) is 0 Å². The normalized spacial score (nSPS) is 12.0. The molecule has 0 aliphatic carbocycles. The van der Waals surface area contributed by atoms with Crippen LogP contribution in [0.3, 0.4) is 0 Å². The monoisotopic (exact) mass is 382 g/mol. The van der Waals surface area contributed by atoms with Crippen molar-refractivity contribution in [2.45, 2.75) is 33.1 Å². The highest BCUT2D eigenvalue weighted by atomic mass is 32.1. The topological polar surface area (TPSA) is 72.3 Å². The van der Waals surface area contributed by atoms with Crippen LogP contribution in [0.15, 0.2) is 30.3 Å². The van der Waals surface area contributed by atoms with Crippen LogP contribution in [0.5, 0.6) is 5.75 Å². The fourth-order valence-corrected chi connectivity index (χ4v) is 3.58. The predicted molar refractivity (Wildman–Crippen MR) is 109 cm³/mol. The van der Waals surface area contributed by atoms with Crippen molar-refractivity contribution >= 4 is 39.7 Å². The summed E-state index contributed by atoms with van der Waals surface area (Å²) in [6, 6.07) is 9.79. The van der Waals surface area contributed by atoms with Crippen LogP contribution in [0.1, 0.15) is 54.4 Å². The fraction of sp³-hybridized carbons (Fsp3) is 0.286. The maximum atomic E-state index is 12.3. The molecule has 0 saturated heterocycles. The summed E-state index contributed by atoms with van der Waals surface area (Å²) < 4.78 is 5.60. The molecule has 0 unspecified atom stereocenters. The molecule has 0 fully saturated rings. The lowest BCUT2D eigenvalue weighted by atomic mass is 9.98. The van der Waals surface area contributed by atoms with E-state index in [1.165, 1.54) is 11.3 Å². The van der Waals surface area contributed by atoms with Gasteiger partial charge in [-0.1, -0.05) is 57.2 Å². The van der Waals surface area contributed by atoms with Gasteiger partial charge in [-0.2, -0.15) is 0 Å². The van der Waals surface area contributed by atoms with E-state index in [-0.39, 0.29) is 23.5 Å². The van der Waals surface area contributed by atoms with Crippen LogP contribution >= 0.6 is 11.3 Å². The van der Waals surface area contributed by atoms with E-state index in [2.05, 4.69) is 25.8 Å². The Hall–Kier alpha value is -2.73. The number of benzene rings is 1. The van der Waals surface area contributed by atoms with E-state index in [1.807, 2.05) is 42.5 Å². The van der Waals surface area contributed by atoms with Crippen molar-refractivity contribution in [3.05, 3.63) is 52.3 Å². The van der Waals surface area contributed by atoms with E-state index < -0.39 is 5.97 Å². The number of aromatic hydroxyl groups is 1. The maximum absolute atomic E-state index is 12.3. The molecule has 0 spiro atoms. The van der Waals surface area contributed by atoms with Crippen molar-refractivity contribution in [2.75, 3.05) is 6.61 Å². The van der Waals surface area contributed by atoms with Crippen molar-refractivity contribution in [1.82, 2.24) is 9.97 Å². The lowest BCUT2D eigenvalue weighted by Crippen LogP contribution is -2.10. The van der Waals surface area contributed by atoms with E-state index in [1.54, 1.807) is 6.92 Å². The Morgan fingerprint density at radius 2 is 1.89 bits per heavy atom. The van der Waals surface area contributed by atoms with E-state index >= 15 is 0 Å². The number of pyridine rings is 1. The third-order valence-electron chi connectivity index (χ3n) is 3.89. The first-order valence-corrected chi connectivity index (χ1v) is 9.57. The minimum absolute atomic E-state index is 0.0822. The van der Waals surface area contributed by atoms with Gasteiger partial charge in [-0.15, -0.1) is 11.3 Å². The van der Waals surface area contributed by atoms with Gasteiger partial charge in [0.1, 0.15) is 10.2 Å². The Kier molecular flexibility index (Phi) is 5.28. The quantitative estimate of drug-likeness (QED) is 0.640. The van der Waals surface area contributed by atoms with E-state index in [4.69, 9.17) is 9.72 Å². The highest BCUT2D eigenvalue weighted by Gasteiger charge is 2.26. The minimum Gasteiger partial charge on any atom is -0.504 e. The molecule has 1 N–H and O–H groups in total. The second kappa shape index (κ2) is 7.48. The number of carbonyl (C=O) groups excluding carboxylic acids is 1. The molecule has 1 aromatic carbocycles. The Morgan fingerprint density at radius 1 is 1.19 bits per heavy atom. The summed E-state index contributed by atoms with van der Waals surface area (Å²) in [6.07, 6.45) is 3.72. The van der Waals surface area contributed by atoms with E-state index in [0.29, 0.717) is 15.9 Å². The summed E-state index contributed by atoms with van der Waals surface area (Å²) >= 11 is 1.37. The zero-order valence-electron chi connectivity index (χ0n) is 15.8. The number of hydrogen-bond acceptors (Lipinski definition) is 6. The lowest BCUT2D eigenvalue weighted by molar-refractivity contribution is 0.0516. The zero-order chi connectivity index (χ0) is 19.6. The highest BCUT2D eigenvalue weighted by molar-refractivity contribution is 7.19. The van der Waals surface area contributed by atoms with Gasteiger partial charge in [-0.25, -0.2) is 14.8 Å². The number of aromatic nitrogens is 2. The van der Waals surface area contributed by atoms with Gasteiger partial charge in [0.25, 0.3) is 0 Å². The zero-order valence-corrected chi connectivity index (χ0v) is 16.6. The predicted octanol–water partition coefficient (Wildman–Crippen LogP) is 5.04. The number of esters is 1. The number of nitrogens with zero attached hydrogens (tertiary/aromatic N) is 2. The first-order valence-electron chi connectivity index (χ1n) is 8.75. The molecule has 2 aromatic heterocycles. The van der Waals surface area contributed by atoms with Crippen molar-refractivity contribution in [1.29, 1.82) is 0 Å². The van der Waals surface area contributed by atoms with E-state index in [9.17, 15) is 9.90 Å². The average molecular weight is 382 g/mol. The molecule has 3 aromatic rings. The first kappa shape index (κ1) is 19.0. The molecule has 0 saturated carbocycles. The molecule has 0 bridgehead atoms. The molecule has 5 nitrogen and oxygen atoms in total. The van der Waals surface area contributed by atoms with Gasteiger partial charge >= 0.3 is 5.97 Å². The standard InChI is InChI=1S/C21H22N2O3S/c1-5-26-19(25)16-17(24)18-15(23-20(27-18)21(2,3)4)14(22-16)12-11-13-9-7-6-8-10-13/h6-12,24H,5H2,1-4H3. The molecule has 0 atom stereocenters. The van der Waals surface area contributed by atoms with Crippen LogP contribution in [0.2, 0.25) is 0 Å². The molecule has 27 heavy (non-hydrogen) atoms. The number of ether oxygens (including phenoxy) is 1. The molecule has 6 heteroatoms. The van der Waals surface area contributed by atoms with Crippen LogP contribution in [0.25, 0.3) is 22.4 Å². The summed E-state index contributed by atoms with van der Waals surface area (Å²) in [5.41, 5.74) is 1.86. The largest absolute Gasteiger partial charge is 0.504 e. The number of rotatable bonds is 4. The molecule has 2 heterocycles. The Labute approximate surface area is 162 Å². The Morgan fingerprint density at radius 3 is 2.52 bits per heavy atom.